The Morgan fingerprint density at radius 3 is 2.67 bits per heavy atom. The van der Waals surface area contributed by atoms with Crippen LogP contribution in [0.25, 0.3) is 0 Å². The van der Waals surface area contributed by atoms with E-state index in [4.69, 9.17) is 9.52 Å². The molecule has 1 atom stereocenters. The van der Waals surface area contributed by atoms with Gasteiger partial charge in [-0.25, -0.2) is 0 Å². The minimum atomic E-state index is -0.381. The number of aromatic hydroxyl groups is 1. The van der Waals surface area contributed by atoms with Gasteiger partial charge in [-0.1, -0.05) is 20.8 Å². The monoisotopic (exact) mass is 228 g/mol. The van der Waals surface area contributed by atoms with Crippen molar-refractivity contribution in [3.8, 4) is 5.75 Å². The quantitative estimate of drug-likeness (QED) is 0.860. The predicted octanol–water partition coefficient (Wildman–Crippen LogP) is 2.62. The molecule has 0 bridgehead atoms. The van der Waals surface area contributed by atoms with Crippen LogP contribution in [0.3, 0.4) is 0 Å². The molecular weight excluding hydrogens is 212 g/mol. The summed E-state index contributed by atoms with van der Waals surface area (Å²) >= 11 is 1.74. The first kappa shape index (κ1) is 12.2. The van der Waals surface area contributed by atoms with E-state index in [1.807, 2.05) is 0 Å². The van der Waals surface area contributed by atoms with E-state index in [0.717, 1.165) is 6.26 Å². The van der Waals surface area contributed by atoms with E-state index in [-0.39, 0.29) is 11.2 Å². The molecule has 0 radical (unpaired) electrons. The molecule has 0 aliphatic rings. The maximum atomic E-state index is 11.1. The average Bonchev–Trinajstić information content (AvgIpc) is 2.19. The zero-order valence-electron chi connectivity index (χ0n) is 9.19. The van der Waals surface area contributed by atoms with E-state index in [2.05, 4.69) is 20.8 Å². The highest BCUT2D eigenvalue weighted by Crippen LogP contribution is 2.22. The lowest BCUT2D eigenvalue weighted by Gasteiger charge is -2.13. The number of thioether (sulfide) groups is 1. The van der Waals surface area contributed by atoms with Crippen LogP contribution < -0.4 is 5.43 Å². The van der Waals surface area contributed by atoms with Gasteiger partial charge in [0.25, 0.3) is 0 Å². The highest BCUT2D eigenvalue weighted by Gasteiger charge is 2.09. The van der Waals surface area contributed by atoms with Gasteiger partial charge in [0.2, 0.25) is 5.43 Å². The van der Waals surface area contributed by atoms with Crippen LogP contribution in [-0.4, -0.2) is 10.4 Å². The molecule has 0 aliphatic carbocycles. The van der Waals surface area contributed by atoms with Gasteiger partial charge in [0, 0.05) is 11.3 Å². The van der Waals surface area contributed by atoms with Crippen LogP contribution in [0.5, 0.6) is 5.75 Å². The maximum absolute atomic E-state index is 11.1. The Bertz CT molecular complexity index is 370. The normalized spacial score (nSPS) is 13.1. The van der Waals surface area contributed by atoms with Gasteiger partial charge in [-0.05, 0) is 5.92 Å². The predicted molar refractivity (Wildman–Crippen MR) is 62.2 cm³/mol. The Morgan fingerprint density at radius 1 is 1.47 bits per heavy atom. The molecule has 0 saturated carbocycles. The van der Waals surface area contributed by atoms with Crippen molar-refractivity contribution in [1.82, 2.24) is 0 Å². The zero-order chi connectivity index (χ0) is 11.4. The summed E-state index contributed by atoms with van der Waals surface area (Å²) in [5, 5.41) is 9.51. The highest BCUT2D eigenvalue weighted by atomic mass is 32.2. The smallest absolute Gasteiger partial charge is 0.226 e. The van der Waals surface area contributed by atoms with Gasteiger partial charge in [-0.15, -0.1) is 0 Å². The summed E-state index contributed by atoms with van der Waals surface area (Å²) in [4.78, 5) is 11.1. The van der Waals surface area contributed by atoms with Crippen LogP contribution in [0.4, 0.5) is 0 Å². The van der Waals surface area contributed by atoms with Crippen molar-refractivity contribution in [2.45, 2.75) is 31.8 Å². The topological polar surface area (TPSA) is 50.4 Å². The second kappa shape index (κ2) is 5.26. The molecule has 1 rings (SSSR count). The SMILES string of the molecule is CC(C)[C@@H](C)SCc1cc(=O)c(O)co1. The van der Waals surface area contributed by atoms with Gasteiger partial charge in [-0.2, -0.15) is 11.8 Å². The van der Waals surface area contributed by atoms with Crippen molar-refractivity contribution >= 4 is 11.8 Å². The van der Waals surface area contributed by atoms with E-state index in [0.29, 0.717) is 22.7 Å². The number of hydrogen-bond acceptors (Lipinski definition) is 4. The van der Waals surface area contributed by atoms with E-state index >= 15 is 0 Å². The molecule has 84 valence electrons. The first-order chi connectivity index (χ1) is 7.00. The summed E-state index contributed by atoms with van der Waals surface area (Å²) in [5.41, 5.74) is -0.381. The molecule has 1 heterocycles. The van der Waals surface area contributed by atoms with Crippen molar-refractivity contribution in [3.63, 3.8) is 0 Å². The fourth-order valence-electron chi connectivity index (χ4n) is 0.925. The molecule has 0 amide bonds. The standard InChI is InChI=1S/C11H16O3S/c1-7(2)8(3)15-6-9-4-10(12)11(13)5-14-9/h4-5,7-8,13H,6H2,1-3H3/t8-/m1/s1. The van der Waals surface area contributed by atoms with Gasteiger partial charge in [-0.3, -0.25) is 4.79 Å². The summed E-state index contributed by atoms with van der Waals surface area (Å²) < 4.78 is 5.10. The van der Waals surface area contributed by atoms with E-state index in [1.165, 1.54) is 6.07 Å². The van der Waals surface area contributed by atoms with Crippen LogP contribution in [0.1, 0.15) is 26.5 Å². The summed E-state index contributed by atoms with van der Waals surface area (Å²) in [6.07, 6.45) is 1.10. The Kier molecular flexibility index (Phi) is 4.27. The fourth-order valence-corrected chi connectivity index (χ4v) is 1.89. The first-order valence-electron chi connectivity index (χ1n) is 4.93. The molecule has 1 aromatic rings. The van der Waals surface area contributed by atoms with Crippen LogP contribution >= 0.6 is 11.8 Å². The fraction of sp³-hybridized carbons (Fsp3) is 0.545. The van der Waals surface area contributed by atoms with Crippen LogP contribution in [0.15, 0.2) is 21.5 Å². The molecule has 0 unspecified atom stereocenters. The van der Waals surface area contributed by atoms with Gasteiger partial charge in [0.1, 0.15) is 12.0 Å². The Hall–Kier alpha value is -0.900. The largest absolute Gasteiger partial charge is 0.502 e. The molecule has 4 heteroatoms. The number of rotatable bonds is 4. The first-order valence-corrected chi connectivity index (χ1v) is 5.98. The van der Waals surface area contributed by atoms with Gasteiger partial charge >= 0.3 is 0 Å². The second-order valence-electron chi connectivity index (χ2n) is 3.86. The van der Waals surface area contributed by atoms with E-state index < -0.39 is 0 Å². The Labute approximate surface area is 93.5 Å². The molecule has 0 fully saturated rings. The molecule has 0 aromatic carbocycles. The van der Waals surface area contributed by atoms with Crippen molar-refractivity contribution in [1.29, 1.82) is 0 Å². The molecular formula is C11H16O3S. The van der Waals surface area contributed by atoms with Gasteiger partial charge < -0.3 is 9.52 Å². The Morgan fingerprint density at radius 2 is 2.13 bits per heavy atom. The van der Waals surface area contributed by atoms with Crippen LogP contribution in [-0.2, 0) is 5.75 Å². The minimum absolute atomic E-state index is 0.333. The van der Waals surface area contributed by atoms with E-state index in [1.54, 1.807) is 11.8 Å². The van der Waals surface area contributed by atoms with Gasteiger partial charge in [0.15, 0.2) is 5.75 Å². The highest BCUT2D eigenvalue weighted by molar-refractivity contribution is 7.99. The third-order valence-electron chi connectivity index (χ3n) is 2.29. The Balaban J connectivity index is 2.59. The third kappa shape index (κ3) is 3.63. The van der Waals surface area contributed by atoms with Gasteiger partial charge in [0.05, 0.1) is 5.75 Å². The summed E-state index contributed by atoms with van der Waals surface area (Å²) in [6.45, 7) is 6.46. The summed E-state index contributed by atoms with van der Waals surface area (Å²) in [6, 6.07) is 1.34. The number of hydrogen-bond donors (Lipinski definition) is 1. The van der Waals surface area contributed by atoms with Crippen LogP contribution in [0.2, 0.25) is 0 Å². The lowest BCUT2D eigenvalue weighted by Crippen LogP contribution is -2.06. The molecule has 0 aliphatic heterocycles. The molecule has 1 N–H and O–H groups in total. The second-order valence-corrected chi connectivity index (χ2v) is 5.22. The molecule has 1 aromatic heterocycles. The summed E-state index contributed by atoms with van der Waals surface area (Å²) in [7, 11) is 0. The van der Waals surface area contributed by atoms with Crippen molar-refractivity contribution < 1.29 is 9.52 Å². The van der Waals surface area contributed by atoms with Crippen molar-refractivity contribution in [2.75, 3.05) is 0 Å². The van der Waals surface area contributed by atoms with E-state index in [9.17, 15) is 4.79 Å². The molecule has 3 nitrogen and oxygen atoms in total. The lowest BCUT2D eigenvalue weighted by atomic mass is 10.2. The lowest BCUT2D eigenvalue weighted by molar-refractivity contribution is 0.419. The maximum Gasteiger partial charge on any atom is 0.226 e. The van der Waals surface area contributed by atoms with Crippen LogP contribution in [0, 0.1) is 5.92 Å². The van der Waals surface area contributed by atoms with Crippen molar-refractivity contribution in [2.24, 2.45) is 5.92 Å². The average molecular weight is 228 g/mol. The summed E-state index contributed by atoms with van der Waals surface area (Å²) in [5.74, 6) is 1.53. The molecule has 15 heavy (non-hydrogen) atoms. The third-order valence-corrected chi connectivity index (χ3v) is 3.82. The minimum Gasteiger partial charge on any atom is -0.502 e. The molecule has 0 spiro atoms. The van der Waals surface area contributed by atoms with Crippen molar-refractivity contribution in [3.05, 3.63) is 28.3 Å². The zero-order valence-corrected chi connectivity index (χ0v) is 10.0. The molecule has 0 saturated heterocycles.